The van der Waals surface area contributed by atoms with Crippen LogP contribution in [0, 0.1) is 0 Å². The molecule has 2 aromatic heterocycles. The predicted molar refractivity (Wildman–Crippen MR) is 239 cm³/mol. The third kappa shape index (κ3) is 5.68. The smallest absolute Gasteiger partial charge is 0.143 e. The van der Waals surface area contributed by atoms with Gasteiger partial charge in [-0.15, -0.1) is 0 Å². The van der Waals surface area contributed by atoms with E-state index in [0.29, 0.717) is 0 Å². The van der Waals surface area contributed by atoms with Crippen molar-refractivity contribution in [3.05, 3.63) is 218 Å². The SMILES string of the molecule is c1ccc(-c2ccc(-c3ccc(N(c4cccc(-c5cccc6c5oc5ccccc56)c4)c4ccc5c6ccccc6n(-c6ccccc6)c5c4)cc3)cc2)cc1. The maximum atomic E-state index is 6.51. The number of fused-ring (bicyclic) bond motifs is 6. The van der Waals surface area contributed by atoms with E-state index in [-0.39, 0.29) is 0 Å². The maximum absolute atomic E-state index is 6.51. The minimum atomic E-state index is 0.898. The molecule has 0 radical (unpaired) electrons. The Balaban J connectivity index is 1.07. The van der Waals surface area contributed by atoms with Crippen LogP contribution in [0.5, 0.6) is 0 Å². The van der Waals surface area contributed by atoms with Crippen molar-refractivity contribution in [3.8, 4) is 39.1 Å². The van der Waals surface area contributed by atoms with Crippen LogP contribution in [0.1, 0.15) is 0 Å². The lowest BCUT2D eigenvalue weighted by molar-refractivity contribution is 0.670. The molecule has 0 amide bonds. The van der Waals surface area contributed by atoms with Gasteiger partial charge >= 0.3 is 0 Å². The van der Waals surface area contributed by atoms with Gasteiger partial charge in [0.2, 0.25) is 0 Å². The van der Waals surface area contributed by atoms with Crippen molar-refractivity contribution in [2.45, 2.75) is 0 Å². The van der Waals surface area contributed by atoms with Crippen LogP contribution in [-0.2, 0) is 0 Å². The fourth-order valence-corrected chi connectivity index (χ4v) is 8.48. The van der Waals surface area contributed by atoms with E-state index in [1.54, 1.807) is 0 Å². The van der Waals surface area contributed by atoms with Gasteiger partial charge in [0, 0.05) is 49.9 Å². The topological polar surface area (TPSA) is 21.3 Å². The predicted octanol–water partition coefficient (Wildman–Crippen LogP) is 15.2. The molecule has 0 aliphatic carbocycles. The van der Waals surface area contributed by atoms with E-state index < -0.39 is 0 Å². The summed E-state index contributed by atoms with van der Waals surface area (Å²) in [6.07, 6.45) is 0. The molecule has 11 rings (SSSR count). The van der Waals surface area contributed by atoms with Crippen molar-refractivity contribution in [1.29, 1.82) is 0 Å². The lowest BCUT2D eigenvalue weighted by atomic mass is 9.99. The van der Waals surface area contributed by atoms with Crippen molar-refractivity contribution in [2.24, 2.45) is 0 Å². The average molecular weight is 729 g/mol. The molecule has 3 heteroatoms. The third-order valence-electron chi connectivity index (χ3n) is 11.2. The minimum Gasteiger partial charge on any atom is -0.455 e. The molecule has 0 saturated heterocycles. The van der Waals surface area contributed by atoms with Crippen molar-refractivity contribution in [3.63, 3.8) is 0 Å². The first-order valence-corrected chi connectivity index (χ1v) is 19.4. The Bertz CT molecular complexity index is 3210. The van der Waals surface area contributed by atoms with Gasteiger partial charge < -0.3 is 13.9 Å². The fraction of sp³-hybridized carbons (Fsp3) is 0. The molecule has 2 heterocycles. The van der Waals surface area contributed by atoms with Crippen LogP contribution in [0.3, 0.4) is 0 Å². The summed E-state index contributed by atoms with van der Waals surface area (Å²) in [4.78, 5) is 2.37. The first-order valence-electron chi connectivity index (χ1n) is 19.4. The zero-order valence-corrected chi connectivity index (χ0v) is 31.1. The number of hydrogen-bond acceptors (Lipinski definition) is 2. The Hall–Kier alpha value is -7.62. The molecule has 0 bridgehead atoms. The molecule has 11 aromatic rings. The van der Waals surface area contributed by atoms with E-state index >= 15 is 0 Å². The number of anilines is 3. The van der Waals surface area contributed by atoms with Crippen LogP contribution >= 0.6 is 0 Å². The first-order chi connectivity index (χ1) is 28.3. The van der Waals surface area contributed by atoms with E-state index in [2.05, 4.69) is 216 Å². The van der Waals surface area contributed by atoms with Crippen LogP contribution < -0.4 is 4.90 Å². The van der Waals surface area contributed by atoms with Gasteiger partial charge in [0.1, 0.15) is 11.2 Å². The lowest BCUT2D eigenvalue weighted by Crippen LogP contribution is -2.10. The number of benzene rings is 9. The van der Waals surface area contributed by atoms with Crippen LogP contribution in [-0.4, -0.2) is 4.57 Å². The number of para-hydroxylation sites is 4. The number of hydrogen-bond donors (Lipinski definition) is 0. The van der Waals surface area contributed by atoms with E-state index in [9.17, 15) is 0 Å². The van der Waals surface area contributed by atoms with Crippen LogP contribution in [0.25, 0.3) is 82.8 Å². The zero-order valence-electron chi connectivity index (χ0n) is 31.1. The largest absolute Gasteiger partial charge is 0.455 e. The molecule has 9 aromatic carbocycles. The molecular weight excluding hydrogens is 693 g/mol. The Labute approximate surface area is 330 Å². The number of rotatable bonds is 7. The summed E-state index contributed by atoms with van der Waals surface area (Å²) in [6.45, 7) is 0. The van der Waals surface area contributed by atoms with Gasteiger partial charge in [-0.05, 0) is 88.5 Å². The van der Waals surface area contributed by atoms with Crippen molar-refractivity contribution in [1.82, 2.24) is 4.57 Å². The summed E-state index contributed by atoms with van der Waals surface area (Å²) in [6, 6.07) is 78.1. The molecule has 0 fully saturated rings. The fourth-order valence-electron chi connectivity index (χ4n) is 8.48. The lowest BCUT2D eigenvalue weighted by Gasteiger charge is -2.26. The molecular formula is C54H36N2O. The van der Waals surface area contributed by atoms with Gasteiger partial charge in [-0.25, -0.2) is 0 Å². The van der Waals surface area contributed by atoms with Gasteiger partial charge in [0.05, 0.1) is 11.0 Å². The molecule has 0 aliphatic heterocycles. The van der Waals surface area contributed by atoms with Gasteiger partial charge in [-0.1, -0.05) is 158 Å². The summed E-state index contributed by atoms with van der Waals surface area (Å²) in [7, 11) is 0. The highest BCUT2D eigenvalue weighted by Crippen LogP contribution is 2.42. The quantitative estimate of drug-likeness (QED) is 0.163. The summed E-state index contributed by atoms with van der Waals surface area (Å²) in [5, 5.41) is 4.71. The second-order valence-corrected chi connectivity index (χ2v) is 14.5. The van der Waals surface area contributed by atoms with Crippen molar-refractivity contribution < 1.29 is 4.42 Å². The Morgan fingerprint density at radius 1 is 0.333 bits per heavy atom. The molecule has 0 atom stereocenters. The highest BCUT2D eigenvalue weighted by atomic mass is 16.3. The molecule has 0 spiro atoms. The van der Waals surface area contributed by atoms with Gasteiger partial charge in [0.15, 0.2) is 0 Å². The molecule has 0 N–H and O–H groups in total. The molecule has 0 saturated carbocycles. The Kier molecular flexibility index (Phi) is 7.82. The molecule has 0 aliphatic rings. The van der Waals surface area contributed by atoms with Crippen LogP contribution in [0.4, 0.5) is 17.1 Å². The monoisotopic (exact) mass is 728 g/mol. The van der Waals surface area contributed by atoms with Gasteiger partial charge in [-0.2, -0.15) is 0 Å². The van der Waals surface area contributed by atoms with E-state index in [4.69, 9.17) is 4.42 Å². The second kappa shape index (κ2) is 13.6. The standard InChI is InChI=1S/C54H36N2O/c1-3-13-37(14-4-1)38-25-27-39(28-26-38)40-29-31-43(32-30-40)55(44-18-11-15-41(35-44)46-21-12-22-50-49-20-8-10-24-53(49)57-54(46)50)45-33-34-48-47-19-7-9-23-51(47)56(52(48)36-45)42-16-5-2-6-17-42/h1-36H. The number of nitrogens with zero attached hydrogens (tertiary/aromatic N) is 2. The summed E-state index contributed by atoms with van der Waals surface area (Å²) in [5.41, 5.74) is 15.4. The maximum Gasteiger partial charge on any atom is 0.143 e. The third-order valence-corrected chi connectivity index (χ3v) is 11.2. The summed E-state index contributed by atoms with van der Waals surface area (Å²) >= 11 is 0. The number of aromatic nitrogens is 1. The number of furan rings is 1. The second-order valence-electron chi connectivity index (χ2n) is 14.5. The zero-order chi connectivity index (χ0) is 37.7. The van der Waals surface area contributed by atoms with E-state index in [1.807, 2.05) is 12.1 Å². The molecule has 268 valence electrons. The normalized spacial score (nSPS) is 11.5. The minimum absolute atomic E-state index is 0.898. The molecule has 57 heavy (non-hydrogen) atoms. The Morgan fingerprint density at radius 3 is 1.65 bits per heavy atom. The highest BCUT2D eigenvalue weighted by molar-refractivity contribution is 6.11. The summed E-state index contributed by atoms with van der Waals surface area (Å²) in [5.74, 6) is 0. The van der Waals surface area contributed by atoms with Crippen LogP contribution in [0.15, 0.2) is 223 Å². The average Bonchev–Trinajstić information content (AvgIpc) is 3.83. The van der Waals surface area contributed by atoms with Crippen molar-refractivity contribution >= 4 is 60.8 Å². The molecule has 3 nitrogen and oxygen atoms in total. The van der Waals surface area contributed by atoms with Crippen LogP contribution in [0.2, 0.25) is 0 Å². The van der Waals surface area contributed by atoms with Gasteiger partial charge in [-0.3, -0.25) is 0 Å². The Morgan fingerprint density at radius 2 is 0.877 bits per heavy atom. The molecule has 0 unspecified atom stereocenters. The van der Waals surface area contributed by atoms with Crippen molar-refractivity contribution in [2.75, 3.05) is 4.90 Å². The highest BCUT2D eigenvalue weighted by Gasteiger charge is 2.19. The first kappa shape index (κ1) is 32.8. The van der Waals surface area contributed by atoms with E-state index in [0.717, 1.165) is 61.3 Å². The van der Waals surface area contributed by atoms with E-state index in [1.165, 1.54) is 38.5 Å². The summed E-state index contributed by atoms with van der Waals surface area (Å²) < 4.78 is 8.89. The van der Waals surface area contributed by atoms with Gasteiger partial charge in [0.25, 0.3) is 0 Å².